The number of benzene rings is 1. The number of carbonyl (C=O) groups is 3. The third-order valence-corrected chi connectivity index (χ3v) is 11.6. The summed E-state index contributed by atoms with van der Waals surface area (Å²) in [6.07, 6.45) is 15.8. The van der Waals surface area contributed by atoms with E-state index in [1.54, 1.807) is 16.2 Å². The SMILES string of the molecule is C=C(C)[C@@H]1CCC(C)=C[C@H]1c1c(O)cc(CCCCC)cc1OC/C=C/CCC1=C(C(=O)OC(C)(C)C)N2C(=O)[C@@H](CC(=O)Cc3cccs3)[C@H]2CC1. The second kappa shape index (κ2) is 17.9. The summed E-state index contributed by atoms with van der Waals surface area (Å²) in [6.45, 7) is 16.5. The number of β-lactam (4-membered cyclic amide) rings is 1. The van der Waals surface area contributed by atoms with Crippen molar-refractivity contribution >= 4 is 29.0 Å². The second-order valence-corrected chi connectivity index (χ2v) is 17.2. The van der Waals surface area contributed by atoms with Gasteiger partial charge in [0.05, 0.1) is 5.92 Å². The van der Waals surface area contributed by atoms with E-state index < -0.39 is 17.5 Å². The molecule has 2 aromatic rings. The van der Waals surface area contributed by atoms with E-state index in [0.717, 1.165) is 77.8 Å². The average Bonchev–Trinajstić information content (AvgIpc) is 3.60. The van der Waals surface area contributed by atoms with Crippen LogP contribution >= 0.6 is 11.3 Å². The number of esters is 1. The van der Waals surface area contributed by atoms with Crippen molar-refractivity contribution in [1.82, 2.24) is 4.90 Å². The molecule has 7 nitrogen and oxygen atoms in total. The summed E-state index contributed by atoms with van der Waals surface area (Å²) in [5.74, 6) is 0.252. The molecule has 0 radical (unpaired) electrons. The van der Waals surface area contributed by atoms with Gasteiger partial charge in [0.25, 0.3) is 0 Å². The number of unbranched alkanes of at least 4 members (excludes halogenated alkanes) is 2. The molecule has 3 aliphatic rings. The van der Waals surface area contributed by atoms with Crippen molar-refractivity contribution in [2.75, 3.05) is 6.61 Å². The molecule has 3 heterocycles. The minimum Gasteiger partial charge on any atom is -0.507 e. The predicted octanol–water partition coefficient (Wildman–Crippen LogP) is 10.3. The number of ether oxygens (including phenoxy) is 2. The molecule has 1 aliphatic carbocycles. The van der Waals surface area contributed by atoms with Gasteiger partial charge in [-0.15, -0.1) is 11.3 Å². The normalized spacial score (nSPS) is 21.7. The summed E-state index contributed by atoms with van der Waals surface area (Å²) in [4.78, 5) is 42.6. The number of ketones is 1. The van der Waals surface area contributed by atoms with Crippen molar-refractivity contribution in [3.05, 3.63) is 92.9 Å². The fourth-order valence-corrected chi connectivity index (χ4v) is 8.85. The van der Waals surface area contributed by atoms with E-state index in [1.807, 2.05) is 50.4 Å². The Morgan fingerprint density at radius 1 is 1.11 bits per heavy atom. The first-order valence-electron chi connectivity index (χ1n) is 19.6. The number of phenolic OH excluding ortho intramolecular Hbond substituents is 1. The molecular weight excluding hydrogens is 683 g/mol. The Kier molecular flexibility index (Phi) is 13.6. The molecule has 1 aromatic heterocycles. The van der Waals surface area contributed by atoms with Gasteiger partial charge in [0.1, 0.15) is 35.2 Å². The van der Waals surface area contributed by atoms with Crippen molar-refractivity contribution in [2.45, 2.75) is 136 Å². The number of thiophene rings is 1. The van der Waals surface area contributed by atoms with Crippen LogP contribution in [0.15, 0.2) is 76.9 Å². The number of carbonyl (C=O) groups excluding carboxylic acids is 3. The van der Waals surface area contributed by atoms with Crippen LogP contribution in [0.1, 0.15) is 128 Å². The Hall–Kier alpha value is -3.91. The second-order valence-electron chi connectivity index (χ2n) is 16.2. The molecule has 0 spiro atoms. The lowest BCUT2D eigenvalue weighted by molar-refractivity contribution is -0.165. The quantitative estimate of drug-likeness (QED) is 0.0751. The first kappa shape index (κ1) is 40.3. The molecule has 5 rings (SSSR count). The van der Waals surface area contributed by atoms with E-state index in [-0.39, 0.29) is 41.7 Å². The highest BCUT2D eigenvalue weighted by Gasteiger charge is 2.53. The summed E-state index contributed by atoms with van der Waals surface area (Å²) in [5.41, 5.74) is 4.90. The molecule has 1 N–H and O–H groups in total. The van der Waals surface area contributed by atoms with Crippen molar-refractivity contribution in [1.29, 1.82) is 0 Å². The fraction of sp³-hybridized carbons (Fsp3) is 0.533. The minimum atomic E-state index is -0.708. The van der Waals surface area contributed by atoms with Gasteiger partial charge in [-0.3, -0.25) is 9.59 Å². The van der Waals surface area contributed by atoms with Gasteiger partial charge < -0.3 is 19.5 Å². The van der Waals surface area contributed by atoms with Gasteiger partial charge in [0.15, 0.2) is 0 Å². The minimum absolute atomic E-state index is 0.00110. The number of fused-ring (bicyclic) bond motifs is 1. The van der Waals surface area contributed by atoms with Gasteiger partial charge in [0.2, 0.25) is 5.91 Å². The van der Waals surface area contributed by atoms with Crippen LogP contribution in [0.2, 0.25) is 0 Å². The first-order valence-corrected chi connectivity index (χ1v) is 20.4. The molecule has 53 heavy (non-hydrogen) atoms. The predicted molar refractivity (Wildman–Crippen MR) is 213 cm³/mol. The summed E-state index contributed by atoms with van der Waals surface area (Å²) < 4.78 is 12.3. The number of amides is 1. The maximum atomic E-state index is 13.6. The van der Waals surface area contributed by atoms with Gasteiger partial charge in [-0.25, -0.2) is 4.79 Å². The molecule has 0 saturated carbocycles. The Morgan fingerprint density at radius 2 is 1.91 bits per heavy atom. The van der Waals surface area contributed by atoms with Gasteiger partial charge >= 0.3 is 5.97 Å². The number of aromatic hydroxyl groups is 1. The molecule has 1 aromatic carbocycles. The molecule has 4 atom stereocenters. The number of allylic oxidation sites excluding steroid dienone is 5. The van der Waals surface area contributed by atoms with Crippen molar-refractivity contribution in [3.8, 4) is 11.5 Å². The number of phenols is 1. The fourth-order valence-electron chi connectivity index (χ4n) is 8.12. The lowest BCUT2D eigenvalue weighted by Crippen LogP contribution is -2.63. The maximum absolute atomic E-state index is 13.6. The molecular formula is C45H59NO6S. The largest absolute Gasteiger partial charge is 0.507 e. The van der Waals surface area contributed by atoms with Crippen LogP contribution in [0.5, 0.6) is 11.5 Å². The number of Topliss-reactive ketones (excluding diaryl/α,β-unsaturated/α-hetero) is 1. The average molecular weight is 742 g/mol. The van der Waals surface area contributed by atoms with E-state index in [0.29, 0.717) is 38.0 Å². The van der Waals surface area contributed by atoms with Crippen LogP contribution in [-0.4, -0.2) is 45.9 Å². The van der Waals surface area contributed by atoms with E-state index in [4.69, 9.17) is 9.47 Å². The summed E-state index contributed by atoms with van der Waals surface area (Å²) in [6, 6.07) is 7.73. The number of hydrogen-bond acceptors (Lipinski definition) is 7. The Balaban J connectivity index is 1.28. The smallest absolute Gasteiger partial charge is 0.355 e. The van der Waals surface area contributed by atoms with Gasteiger partial charge in [-0.1, -0.05) is 61.8 Å². The third-order valence-electron chi connectivity index (χ3n) is 10.7. The topological polar surface area (TPSA) is 93.1 Å². The zero-order chi connectivity index (χ0) is 38.3. The van der Waals surface area contributed by atoms with Crippen LogP contribution in [0.3, 0.4) is 0 Å². The number of nitrogens with zero attached hydrogens (tertiary/aromatic N) is 1. The zero-order valence-electron chi connectivity index (χ0n) is 32.7. The van der Waals surface area contributed by atoms with Gasteiger partial charge in [-0.2, -0.15) is 0 Å². The van der Waals surface area contributed by atoms with E-state index in [2.05, 4.69) is 45.6 Å². The monoisotopic (exact) mass is 741 g/mol. The molecule has 1 fully saturated rings. The highest BCUT2D eigenvalue weighted by atomic mass is 32.1. The highest BCUT2D eigenvalue weighted by molar-refractivity contribution is 7.10. The first-order chi connectivity index (χ1) is 25.3. The lowest BCUT2D eigenvalue weighted by atomic mass is 9.73. The third kappa shape index (κ3) is 10.2. The summed E-state index contributed by atoms with van der Waals surface area (Å²) in [5, 5.41) is 13.4. The van der Waals surface area contributed by atoms with Crippen molar-refractivity contribution < 1.29 is 29.0 Å². The van der Waals surface area contributed by atoms with E-state index in [9.17, 15) is 19.5 Å². The lowest BCUT2D eigenvalue weighted by Gasteiger charge is -2.51. The molecule has 0 bridgehead atoms. The Bertz CT molecular complexity index is 1740. The maximum Gasteiger partial charge on any atom is 0.355 e. The molecule has 2 aliphatic heterocycles. The van der Waals surface area contributed by atoms with Crippen LogP contribution in [0, 0.1) is 11.8 Å². The number of rotatable bonds is 17. The van der Waals surface area contributed by atoms with E-state index >= 15 is 0 Å². The number of aryl methyl sites for hydroxylation is 1. The van der Waals surface area contributed by atoms with Crippen LogP contribution in [0.25, 0.3) is 0 Å². The standard InChI is InChI=1S/C45H59NO6S/c1-8-9-11-15-31-25-39(48)41(36-24-30(4)18-20-35(36)29(2)3)40(26-31)51-22-13-10-12-16-32-19-21-38-37(28-33(47)27-34-17-14-23-53-34)43(49)46(38)42(32)44(50)52-45(5,6)7/h10,13-14,17,23-26,35-38,48H,2,8-9,11-12,15-16,18-22,27-28H2,1,3-7H3/b13-10+/t35-,36+,37-,38+/m0/s1. The van der Waals surface area contributed by atoms with Crippen LogP contribution in [-0.2, 0) is 32.0 Å². The summed E-state index contributed by atoms with van der Waals surface area (Å²) >= 11 is 1.55. The van der Waals surface area contributed by atoms with Gasteiger partial charge in [-0.05, 0) is 127 Å². The highest BCUT2D eigenvalue weighted by Crippen LogP contribution is 2.47. The van der Waals surface area contributed by atoms with Crippen LogP contribution < -0.4 is 4.74 Å². The molecule has 1 amide bonds. The summed E-state index contributed by atoms with van der Waals surface area (Å²) in [7, 11) is 0. The van der Waals surface area contributed by atoms with Crippen molar-refractivity contribution in [2.24, 2.45) is 11.8 Å². The van der Waals surface area contributed by atoms with Gasteiger partial charge in [0, 0.05) is 35.2 Å². The molecule has 286 valence electrons. The van der Waals surface area contributed by atoms with Crippen molar-refractivity contribution in [3.63, 3.8) is 0 Å². The van der Waals surface area contributed by atoms with Crippen LogP contribution in [0.4, 0.5) is 0 Å². The van der Waals surface area contributed by atoms with E-state index in [1.165, 1.54) is 5.57 Å². The molecule has 1 saturated heterocycles. The Morgan fingerprint density at radius 3 is 2.60 bits per heavy atom. The Labute approximate surface area is 320 Å². The number of hydrogen-bond donors (Lipinski definition) is 1. The molecule has 0 unspecified atom stereocenters. The zero-order valence-corrected chi connectivity index (χ0v) is 33.5. The molecule has 8 heteroatoms.